The highest BCUT2D eigenvalue weighted by atomic mass is 16.5. The standard InChI is InChI=1S/C10H18N2O2/c1-2-5-12-9(13)6-14-8-10(12)3-4-11-7-10/h11H,2-8H2,1H3. The number of rotatable bonds is 2. The van der Waals surface area contributed by atoms with Gasteiger partial charge >= 0.3 is 0 Å². The molecule has 1 atom stereocenters. The minimum absolute atomic E-state index is 0.0364. The van der Waals surface area contributed by atoms with E-state index < -0.39 is 0 Å². The van der Waals surface area contributed by atoms with Crippen molar-refractivity contribution in [1.82, 2.24) is 10.2 Å². The van der Waals surface area contributed by atoms with Crippen LogP contribution in [0.15, 0.2) is 0 Å². The third kappa shape index (κ3) is 1.53. The van der Waals surface area contributed by atoms with Crippen LogP contribution in [-0.2, 0) is 9.53 Å². The van der Waals surface area contributed by atoms with Gasteiger partial charge in [0.15, 0.2) is 0 Å². The van der Waals surface area contributed by atoms with Crippen molar-refractivity contribution in [2.45, 2.75) is 25.3 Å². The summed E-state index contributed by atoms with van der Waals surface area (Å²) in [6.07, 6.45) is 2.05. The monoisotopic (exact) mass is 198 g/mol. The molecule has 0 aromatic heterocycles. The molecular formula is C10H18N2O2. The summed E-state index contributed by atoms with van der Waals surface area (Å²) in [6, 6.07) is 0. The normalized spacial score (nSPS) is 32.9. The predicted molar refractivity (Wildman–Crippen MR) is 53.0 cm³/mol. The van der Waals surface area contributed by atoms with E-state index in [1.807, 2.05) is 4.90 Å². The summed E-state index contributed by atoms with van der Waals surface area (Å²) < 4.78 is 5.36. The van der Waals surface area contributed by atoms with Gasteiger partial charge < -0.3 is 15.0 Å². The molecule has 0 bridgehead atoms. The summed E-state index contributed by atoms with van der Waals surface area (Å²) in [7, 11) is 0. The van der Waals surface area contributed by atoms with Crippen LogP contribution in [0.4, 0.5) is 0 Å². The maximum atomic E-state index is 11.7. The van der Waals surface area contributed by atoms with Gasteiger partial charge in [-0.05, 0) is 19.4 Å². The molecule has 14 heavy (non-hydrogen) atoms. The van der Waals surface area contributed by atoms with Crippen LogP contribution in [0.1, 0.15) is 19.8 Å². The van der Waals surface area contributed by atoms with E-state index in [9.17, 15) is 4.79 Å². The second-order valence-corrected chi connectivity index (χ2v) is 4.19. The lowest BCUT2D eigenvalue weighted by Crippen LogP contribution is -2.60. The topological polar surface area (TPSA) is 41.6 Å². The van der Waals surface area contributed by atoms with E-state index in [4.69, 9.17) is 4.74 Å². The quantitative estimate of drug-likeness (QED) is 0.678. The molecule has 2 rings (SSSR count). The second kappa shape index (κ2) is 3.87. The van der Waals surface area contributed by atoms with Gasteiger partial charge in [-0.2, -0.15) is 0 Å². The van der Waals surface area contributed by atoms with Gasteiger partial charge in [0, 0.05) is 13.1 Å². The van der Waals surface area contributed by atoms with Crippen molar-refractivity contribution < 1.29 is 9.53 Å². The SMILES string of the molecule is CCCN1C(=O)COCC12CCNC2. The Hall–Kier alpha value is -0.610. The number of nitrogens with one attached hydrogen (secondary N) is 1. The first kappa shape index (κ1) is 9.93. The minimum Gasteiger partial charge on any atom is -0.369 e. The first-order valence-corrected chi connectivity index (χ1v) is 5.37. The van der Waals surface area contributed by atoms with Gasteiger partial charge in [-0.3, -0.25) is 4.79 Å². The molecule has 2 heterocycles. The molecule has 1 spiro atoms. The highest BCUT2D eigenvalue weighted by molar-refractivity contribution is 5.79. The van der Waals surface area contributed by atoms with E-state index >= 15 is 0 Å². The Labute approximate surface area is 84.6 Å². The second-order valence-electron chi connectivity index (χ2n) is 4.19. The molecule has 0 radical (unpaired) electrons. The summed E-state index contributed by atoms with van der Waals surface area (Å²) in [5.41, 5.74) is -0.0364. The van der Waals surface area contributed by atoms with Crippen LogP contribution in [0.2, 0.25) is 0 Å². The van der Waals surface area contributed by atoms with Crippen molar-refractivity contribution in [2.75, 3.05) is 32.8 Å². The Morgan fingerprint density at radius 2 is 2.50 bits per heavy atom. The third-order valence-electron chi connectivity index (χ3n) is 3.14. The van der Waals surface area contributed by atoms with Gasteiger partial charge in [0.05, 0.1) is 12.1 Å². The van der Waals surface area contributed by atoms with Crippen molar-refractivity contribution in [3.05, 3.63) is 0 Å². The molecular weight excluding hydrogens is 180 g/mol. The molecule has 4 heteroatoms. The minimum atomic E-state index is -0.0364. The smallest absolute Gasteiger partial charge is 0.249 e. The highest BCUT2D eigenvalue weighted by Crippen LogP contribution is 2.27. The van der Waals surface area contributed by atoms with Crippen LogP contribution in [0.5, 0.6) is 0 Å². The summed E-state index contributed by atoms with van der Waals surface area (Å²) in [5, 5.41) is 3.32. The Bertz CT molecular complexity index is 224. The van der Waals surface area contributed by atoms with Crippen molar-refractivity contribution in [1.29, 1.82) is 0 Å². The molecule has 2 aliphatic heterocycles. The summed E-state index contributed by atoms with van der Waals surface area (Å²) in [6.45, 7) is 5.83. The molecule has 2 aliphatic rings. The van der Waals surface area contributed by atoms with E-state index in [1.54, 1.807) is 0 Å². The molecule has 4 nitrogen and oxygen atoms in total. The zero-order valence-corrected chi connectivity index (χ0v) is 8.71. The molecule has 1 N–H and O–H groups in total. The molecule has 2 saturated heterocycles. The largest absolute Gasteiger partial charge is 0.369 e. The van der Waals surface area contributed by atoms with Crippen LogP contribution in [0.25, 0.3) is 0 Å². The first-order chi connectivity index (χ1) is 6.78. The van der Waals surface area contributed by atoms with Crippen molar-refractivity contribution in [3.8, 4) is 0 Å². The number of morpholine rings is 1. The van der Waals surface area contributed by atoms with E-state index in [1.165, 1.54) is 0 Å². The number of hydrogen-bond acceptors (Lipinski definition) is 3. The summed E-state index contributed by atoms with van der Waals surface area (Å²) >= 11 is 0. The Morgan fingerprint density at radius 1 is 1.64 bits per heavy atom. The van der Waals surface area contributed by atoms with Crippen molar-refractivity contribution in [2.24, 2.45) is 0 Å². The summed E-state index contributed by atoms with van der Waals surface area (Å²) in [5.74, 6) is 0.154. The number of carbonyl (C=O) groups is 1. The number of hydrogen-bond donors (Lipinski definition) is 1. The molecule has 2 fully saturated rings. The van der Waals surface area contributed by atoms with Gasteiger partial charge in [-0.15, -0.1) is 0 Å². The fourth-order valence-corrected chi connectivity index (χ4v) is 2.42. The lowest BCUT2D eigenvalue weighted by molar-refractivity contribution is -0.156. The fraction of sp³-hybridized carbons (Fsp3) is 0.900. The van der Waals surface area contributed by atoms with Crippen LogP contribution >= 0.6 is 0 Å². The van der Waals surface area contributed by atoms with Crippen molar-refractivity contribution >= 4 is 5.91 Å². The van der Waals surface area contributed by atoms with Crippen LogP contribution in [0, 0.1) is 0 Å². The van der Waals surface area contributed by atoms with Gasteiger partial charge in [0.25, 0.3) is 0 Å². The number of carbonyl (C=O) groups excluding carboxylic acids is 1. The fourth-order valence-electron chi connectivity index (χ4n) is 2.42. The third-order valence-corrected chi connectivity index (χ3v) is 3.14. The number of ether oxygens (including phenoxy) is 1. The van der Waals surface area contributed by atoms with E-state index in [-0.39, 0.29) is 18.1 Å². The van der Waals surface area contributed by atoms with Gasteiger partial charge in [0.2, 0.25) is 5.91 Å². The van der Waals surface area contributed by atoms with Crippen LogP contribution in [0.3, 0.4) is 0 Å². The zero-order chi connectivity index (χ0) is 10.0. The van der Waals surface area contributed by atoms with Crippen molar-refractivity contribution in [3.63, 3.8) is 0 Å². The molecule has 1 unspecified atom stereocenters. The maximum Gasteiger partial charge on any atom is 0.249 e. The number of nitrogens with zero attached hydrogens (tertiary/aromatic N) is 1. The molecule has 0 aliphatic carbocycles. The molecule has 0 saturated carbocycles. The zero-order valence-electron chi connectivity index (χ0n) is 8.71. The maximum absolute atomic E-state index is 11.7. The Balaban J connectivity index is 2.14. The highest BCUT2D eigenvalue weighted by Gasteiger charge is 2.44. The Morgan fingerprint density at radius 3 is 3.14 bits per heavy atom. The van der Waals surface area contributed by atoms with Gasteiger partial charge in [0.1, 0.15) is 6.61 Å². The Kier molecular flexibility index (Phi) is 2.74. The lowest BCUT2D eigenvalue weighted by atomic mass is 9.95. The molecule has 1 amide bonds. The van der Waals surface area contributed by atoms with Crippen LogP contribution in [-0.4, -0.2) is 49.2 Å². The predicted octanol–water partition coefficient (Wildman–Crippen LogP) is -0.0127. The average Bonchev–Trinajstić information content (AvgIpc) is 2.62. The lowest BCUT2D eigenvalue weighted by Gasteiger charge is -2.43. The van der Waals surface area contributed by atoms with Crippen LogP contribution < -0.4 is 5.32 Å². The van der Waals surface area contributed by atoms with E-state index in [0.717, 1.165) is 32.5 Å². The average molecular weight is 198 g/mol. The number of amides is 1. The van der Waals surface area contributed by atoms with Gasteiger partial charge in [-0.25, -0.2) is 0 Å². The van der Waals surface area contributed by atoms with E-state index in [2.05, 4.69) is 12.2 Å². The van der Waals surface area contributed by atoms with E-state index in [0.29, 0.717) is 6.61 Å². The van der Waals surface area contributed by atoms with Gasteiger partial charge in [-0.1, -0.05) is 6.92 Å². The molecule has 80 valence electrons. The summed E-state index contributed by atoms with van der Waals surface area (Å²) in [4.78, 5) is 13.7. The molecule has 0 aromatic rings. The molecule has 0 aromatic carbocycles. The first-order valence-electron chi connectivity index (χ1n) is 5.37.